The first kappa shape index (κ1) is 16.8. The summed E-state index contributed by atoms with van der Waals surface area (Å²) in [4.78, 5) is 15.2. The number of likely N-dealkylation sites (tertiary alicyclic amines) is 1. The second-order valence-corrected chi connectivity index (χ2v) is 7.48. The highest BCUT2D eigenvalue weighted by Crippen LogP contribution is 2.46. The Morgan fingerprint density at radius 3 is 2.00 bits per heavy atom. The van der Waals surface area contributed by atoms with E-state index in [0.29, 0.717) is 17.9 Å². The highest BCUT2D eigenvalue weighted by atomic mass is 16.2. The Morgan fingerprint density at radius 2 is 1.57 bits per heavy atom. The number of rotatable bonds is 6. The van der Waals surface area contributed by atoms with Crippen LogP contribution in [0.2, 0.25) is 0 Å². The number of carbonyl (C=O) groups is 1. The lowest BCUT2D eigenvalue weighted by molar-refractivity contribution is -0.145. The van der Waals surface area contributed by atoms with Gasteiger partial charge in [-0.05, 0) is 43.9 Å². The quantitative estimate of drug-likeness (QED) is 0.811. The number of nitrogens with zero attached hydrogens (tertiary/aromatic N) is 1. The van der Waals surface area contributed by atoms with Crippen molar-refractivity contribution in [1.82, 2.24) is 4.90 Å². The molecule has 0 bridgehead atoms. The number of hydrogen-bond donors (Lipinski definition) is 1. The third kappa shape index (κ3) is 3.44. The minimum atomic E-state index is -0.288. The van der Waals surface area contributed by atoms with Crippen LogP contribution in [0.3, 0.4) is 0 Å². The second kappa shape index (κ2) is 7.13. The third-order valence-corrected chi connectivity index (χ3v) is 6.08. The van der Waals surface area contributed by atoms with E-state index in [-0.39, 0.29) is 5.41 Å². The van der Waals surface area contributed by atoms with Crippen molar-refractivity contribution >= 4 is 5.91 Å². The SMILES string of the molecule is CCCC(CN)(CCC)C(=O)N1CCC2(CCCC2)CC1. The molecule has 1 spiro atoms. The molecule has 1 saturated heterocycles. The van der Waals surface area contributed by atoms with Gasteiger partial charge in [0, 0.05) is 19.6 Å². The van der Waals surface area contributed by atoms with Crippen molar-refractivity contribution in [3.05, 3.63) is 0 Å². The lowest BCUT2D eigenvalue weighted by atomic mass is 9.74. The lowest BCUT2D eigenvalue weighted by Crippen LogP contribution is -2.51. The van der Waals surface area contributed by atoms with E-state index in [1.165, 1.54) is 38.5 Å². The number of piperidine rings is 1. The van der Waals surface area contributed by atoms with Crippen molar-refractivity contribution < 1.29 is 4.79 Å². The predicted molar refractivity (Wildman–Crippen MR) is 88.0 cm³/mol. The number of nitrogens with two attached hydrogens (primary N) is 1. The maximum absolute atomic E-state index is 13.1. The van der Waals surface area contributed by atoms with Crippen LogP contribution >= 0.6 is 0 Å². The summed E-state index contributed by atoms with van der Waals surface area (Å²) in [5, 5.41) is 0. The van der Waals surface area contributed by atoms with Crippen LogP contribution in [-0.2, 0) is 4.79 Å². The molecular formula is C18H34N2O. The van der Waals surface area contributed by atoms with Crippen LogP contribution < -0.4 is 5.73 Å². The van der Waals surface area contributed by atoms with Gasteiger partial charge in [-0.2, -0.15) is 0 Å². The molecule has 0 radical (unpaired) electrons. The fourth-order valence-electron chi connectivity index (χ4n) is 4.73. The molecule has 1 heterocycles. The summed E-state index contributed by atoms with van der Waals surface area (Å²) in [5.74, 6) is 0.349. The molecule has 21 heavy (non-hydrogen) atoms. The van der Waals surface area contributed by atoms with Gasteiger partial charge >= 0.3 is 0 Å². The van der Waals surface area contributed by atoms with E-state index in [4.69, 9.17) is 5.73 Å². The largest absolute Gasteiger partial charge is 0.342 e. The van der Waals surface area contributed by atoms with Gasteiger partial charge in [0.1, 0.15) is 0 Å². The number of hydrogen-bond acceptors (Lipinski definition) is 2. The summed E-state index contributed by atoms with van der Waals surface area (Å²) in [5.41, 5.74) is 6.35. The maximum atomic E-state index is 13.1. The van der Waals surface area contributed by atoms with E-state index in [1.54, 1.807) is 0 Å². The molecule has 2 rings (SSSR count). The molecule has 3 heteroatoms. The van der Waals surface area contributed by atoms with Crippen molar-refractivity contribution in [3.8, 4) is 0 Å². The average molecular weight is 294 g/mol. The van der Waals surface area contributed by atoms with E-state index < -0.39 is 0 Å². The van der Waals surface area contributed by atoms with Crippen LogP contribution in [0.25, 0.3) is 0 Å². The molecule has 0 atom stereocenters. The van der Waals surface area contributed by atoms with E-state index >= 15 is 0 Å². The molecule has 0 aromatic carbocycles. The van der Waals surface area contributed by atoms with Crippen molar-refractivity contribution in [3.63, 3.8) is 0 Å². The Balaban J connectivity index is 2.01. The summed E-state index contributed by atoms with van der Waals surface area (Å²) >= 11 is 0. The summed E-state index contributed by atoms with van der Waals surface area (Å²) in [6.45, 7) is 6.77. The van der Waals surface area contributed by atoms with Crippen molar-refractivity contribution in [2.24, 2.45) is 16.6 Å². The number of amides is 1. The molecule has 0 aromatic heterocycles. The van der Waals surface area contributed by atoms with E-state index in [2.05, 4.69) is 18.7 Å². The predicted octanol–water partition coefficient (Wildman–Crippen LogP) is 3.71. The zero-order valence-corrected chi connectivity index (χ0v) is 14.1. The Bertz CT molecular complexity index is 331. The van der Waals surface area contributed by atoms with Gasteiger partial charge in [0.2, 0.25) is 5.91 Å². The van der Waals surface area contributed by atoms with E-state index in [0.717, 1.165) is 38.8 Å². The van der Waals surface area contributed by atoms with E-state index in [9.17, 15) is 4.79 Å². The van der Waals surface area contributed by atoms with Crippen LogP contribution in [0, 0.1) is 10.8 Å². The monoisotopic (exact) mass is 294 g/mol. The van der Waals surface area contributed by atoms with E-state index in [1.807, 2.05) is 0 Å². The molecule has 2 fully saturated rings. The molecule has 122 valence electrons. The summed E-state index contributed by atoms with van der Waals surface area (Å²) in [6.07, 6.45) is 12.0. The zero-order chi connectivity index (χ0) is 15.3. The lowest BCUT2D eigenvalue weighted by Gasteiger charge is -2.43. The minimum Gasteiger partial charge on any atom is -0.342 e. The fraction of sp³-hybridized carbons (Fsp3) is 0.944. The van der Waals surface area contributed by atoms with Crippen molar-refractivity contribution in [2.75, 3.05) is 19.6 Å². The van der Waals surface area contributed by atoms with Crippen LogP contribution in [-0.4, -0.2) is 30.4 Å². The highest BCUT2D eigenvalue weighted by Gasteiger charge is 2.43. The Morgan fingerprint density at radius 1 is 1.05 bits per heavy atom. The molecule has 0 aromatic rings. The van der Waals surface area contributed by atoms with Gasteiger partial charge in [-0.25, -0.2) is 0 Å². The molecule has 2 aliphatic rings. The van der Waals surface area contributed by atoms with Crippen LogP contribution in [0.1, 0.15) is 78.1 Å². The summed E-state index contributed by atoms with van der Waals surface area (Å²) < 4.78 is 0. The molecule has 1 amide bonds. The summed E-state index contributed by atoms with van der Waals surface area (Å²) in [6, 6.07) is 0. The molecule has 1 aliphatic heterocycles. The van der Waals surface area contributed by atoms with Gasteiger partial charge in [0.05, 0.1) is 5.41 Å². The fourth-order valence-corrected chi connectivity index (χ4v) is 4.73. The Hall–Kier alpha value is -0.570. The standard InChI is InChI=1S/C18H34N2O/c1-3-7-18(15-19,8-4-2)16(21)20-13-11-17(12-14-20)9-5-6-10-17/h3-15,19H2,1-2H3. The maximum Gasteiger partial charge on any atom is 0.230 e. The van der Waals surface area contributed by atoms with Crippen LogP contribution in [0.5, 0.6) is 0 Å². The Labute approximate surface area is 130 Å². The Kier molecular flexibility index (Phi) is 5.70. The second-order valence-electron chi connectivity index (χ2n) is 7.48. The first-order chi connectivity index (χ1) is 10.1. The number of carbonyl (C=O) groups excluding carboxylic acids is 1. The van der Waals surface area contributed by atoms with Crippen molar-refractivity contribution in [2.45, 2.75) is 78.1 Å². The van der Waals surface area contributed by atoms with Gasteiger partial charge in [0.25, 0.3) is 0 Å². The van der Waals surface area contributed by atoms with Gasteiger partial charge in [-0.1, -0.05) is 39.5 Å². The normalized spacial score (nSPS) is 22.0. The minimum absolute atomic E-state index is 0.288. The topological polar surface area (TPSA) is 46.3 Å². The first-order valence-corrected chi connectivity index (χ1v) is 9.11. The van der Waals surface area contributed by atoms with Gasteiger partial charge in [-0.3, -0.25) is 4.79 Å². The molecule has 1 saturated carbocycles. The average Bonchev–Trinajstić information content (AvgIpc) is 2.95. The molecule has 1 aliphatic carbocycles. The van der Waals surface area contributed by atoms with Gasteiger partial charge in [0.15, 0.2) is 0 Å². The van der Waals surface area contributed by atoms with Gasteiger partial charge in [-0.15, -0.1) is 0 Å². The van der Waals surface area contributed by atoms with Crippen LogP contribution in [0.4, 0.5) is 0 Å². The van der Waals surface area contributed by atoms with Crippen LogP contribution in [0.15, 0.2) is 0 Å². The first-order valence-electron chi connectivity index (χ1n) is 9.11. The molecule has 0 unspecified atom stereocenters. The summed E-state index contributed by atoms with van der Waals surface area (Å²) in [7, 11) is 0. The highest BCUT2D eigenvalue weighted by molar-refractivity contribution is 5.83. The molecule has 2 N–H and O–H groups in total. The third-order valence-electron chi connectivity index (χ3n) is 6.08. The zero-order valence-electron chi connectivity index (χ0n) is 14.1. The smallest absolute Gasteiger partial charge is 0.230 e. The molecule has 3 nitrogen and oxygen atoms in total. The molecular weight excluding hydrogens is 260 g/mol. The van der Waals surface area contributed by atoms with Gasteiger partial charge < -0.3 is 10.6 Å². The van der Waals surface area contributed by atoms with Crippen molar-refractivity contribution in [1.29, 1.82) is 0 Å².